The Bertz CT molecular complexity index is 648. The number of aromatic nitrogens is 1. The number of halogens is 2. The van der Waals surface area contributed by atoms with Gasteiger partial charge in [-0.15, -0.1) is 0 Å². The Hall–Kier alpha value is -1.59. The van der Waals surface area contributed by atoms with Crippen molar-refractivity contribution in [3.05, 3.63) is 57.2 Å². The van der Waals surface area contributed by atoms with Gasteiger partial charge in [0, 0.05) is 4.47 Å². The normalized spacial score (nSPS) is 11.9. The maximum atomic E-state index is 12.2. The number of pyridine rings is 1. The lowest BCUT2D eigenvalue weighted by Crippen LogP contribution is -2.28. The Kier molecular flexibility index (Phi) is 4.62. The fourth-order valence-electron chi connectivity index (χ4n) is 1.74. The van der Waals surface area contributed by atoms with Gasteiger partial charge >= 0.3 is 0 Å². The Balaban J connectivity index is 2.17. The number of nitrogens with one attached hydrogen (secondary N) is 1. The third kappa shape index (κ3) is 3.49. The molecule has 0 saturated carbocycles. The number of hydrogen-bond acceptors (Lipinski definition) is 3. The van der Waals surface area contributed by atoms with E-state index in [0.717, 1.165) is 10.0 Å². The predicted molar refractivity (Wildman–Crippen MR) is 83.7 cm³/mol. The summed E-state index contributed by atoms with van der Waals surface area (Å²) in [5.41, 5.74) is 6.68. The molecule has 1 heterocycles. The number of nitrogens with two attached hydrogens (primary N) is 1. The standard InChI is InChI=1S/C14H13BrClN3O/c1-8(9-3-2-4-10(15)7-9)18-14(20)13-11(16)5-6-12(17)19-13/h2-8H,1H3,(H2,17,19)(H,18,20). The van der Waals surface area contributed by atoms with E-state index in [2.05, 4.69) is 26.2 Å². The summed E-state index contributed by atoms with van der Waals surface area (Å²) in [5, 5.41) is 3.12. The summed E-state index contributed by atoms with van der Waals surface area (Å²) in [7, 11) is 0. The Labute approximate surface area is 130 Å². The lowest BCUT2D eigenvalue weighted by molar-refractivity contribution is 0.0935. The molecule has 0 radical (unpaired) electrons. The second-order valence-electron chi connectivity index (χ2n) is 4.32. The van der Waals surface area contributed by atoms with Crippen LogP contribution in [0.4, 0.5) is 5.82 Å². The lowest BCUT2D eigenvalue weighted by Gasteiger charge is -2.15. The van der Waals surface area contributed by atoms with Crippen LogP contribution >= 0.6 is 27.5 Å². The number of nitrogens with zero attached hydrogens (tertiary/aromatic N) is 1. The van der Waals surface area contributed by atoms with Crippen molar-refractivity contribution in [3.63, 3.8) is 0 Å². The van der Waals surface area contributed by atoms with E-state index in [9.17, 15) is 4.79 Å². The van der Waals surface area contributed by atoms with Gasteiger partial charge in [-0.3, -0.25) is 4.79 Å². The molecule has 2 aromatic rings. The topological polar surface area (TPSA) is 68.0 Å². The first kappa shape index (κ1) is 14.8. The van der Waals surface area contributed by atoms with E-state index in [1.54, 1.807) is 12.1 Å². The van der Waals surface area contributed by atoms with Crippen LogP contribution in [0.2, 0.25) is 5.02 Å². The summed E-state index contributed by atoms with van der Waals surface area (Å²) in [6.07, 6.45) is 0. The first-order chi connectivity index (χ1) is 9.47. The molecule has 0 aliphatic rings. The number of hydrogen-bond donors (Lipinski definition) is 2. The van der Waals surface area contributed by atoms with Crippen LogP contribution in [0.15, 0.2) is 40.9 Å². The summed E-state index contributed by atoms with van der Waals surface area (Å²) < 4.78 is 0.955. The van der Waals surface area contributed by atoms with Gasteiger partial charge in [0.05, 0.1) is 11.1 Å². The summed E-state index contributed by atoms with van der Waals surface area (Å²) in [6, 6.07) is 10.7. The Morgan fingerprint density at radius 1 is 1.40 bits per heavy atom. The van der Waals surface area contributed by atoms with Gasteiger partial charge in [0.2, 0.25) is 0 Å². The maximum absolute atomic E-state index is 12.2. The molecule has 6 heteroatoms. The number of rotatable bonds is 3. The molecule has 0 aliphatic heterocycles. The van der Waals surface area contributed by atoms with Gasteiger partial charge in [-0.2, -0.15) is 0 Å². The van der Waals surface area contributed by atoms with Crippen molar-refractivity contribution in [2.45, 2.75) is 13.0 Å². The summed E-state index contributed by atoms with van der Waals surface area (Å²) in [4.78, 5) is 16.1. The SMILES string of the molecule is CC(NC(=O)c1nc(N)ccc1Cl)c1cccc(Br)c1. The lowest BCUT2D eigenvalue weighted by atomic mass is 10.1. The zero-order valence-corrected chi connectivity index (χ0v) is 13.1. The van der Waals surface area contributed by atoms with Gasteiger partial charge < -0.3 is 11.1 Å². The smallest absolute Gasteiger partial charge is 0.271 e. The van der Waals surface area contributed by atoms with E-state index in [4.69, 9.17) is 17.3 Å². The van der Waals surface area contributed by atoms with E-state index >= 15 is 0 Å². The van der Waals surface area contributed by atoms with Gasteiger partial charge in [-0.05, 0) is 36.8 Å². The minimum atomic E-state index is -0.352. The number of anilines is 1. The molecule has 20 heavy (non-hydrogen) atoms. The molecular weight excluding hydrogens is 342 g/mol. The molecule has 104 valence electrons. The first-order valence-electron chi connectivity index (χ1n) is 5.95. The van der Waals surface area contributed by atoms with Gasteiger partial charge in [-0.1, -0.05) is 39.7 Å². The molecule has 1 unspecified atom stereocenters. The average Bonchev–Trinajstić information content (AvgIpc) is 2.41. The summed E-state index contributed by atoms with van der Waals surface area (Å²) in [5.74, 6) is -0.0931. The molecule has 0 bridgehead atoms. The van der Waals surface area contributed by atoms with Crippen molar-refractivity contribution >= 4 is 39.3 Å². The highest BCUT2D eigenvalue weighted by molar-refractivity contribution is 9.10. The van der Waals surface area contributed by atoms with Gasteiger partial charge in [-0.25, -0.2) is 4.98 Å². The molecular formula is C14H13BrClN3O. The van der Waals surface area contributed by atoms with Crippen LogP contribution in [0.3, 0.4) is 0 Å². The summed E-state index contributed by atoms with van der Waals surface area (Å²) in [6.45, 7) is 1.89. The minimum Gasteiger partial charge on any atom is -0.384 e. The van der Waals surface area contributed by atoms with Gasteiger partial charge in [0.15, 0.2) is 0 Å². The van der Waals surface area contributed by atoms with E-state index in [1.807, 2.05) is 31.2 Å². The fourth-order valence-corrected chi connectivity index (χ4v) is 2.35. The van der Waals surface area contributed by atoms with E-state index in [1.165, 1.54) is 0 Å². The molecule has 0 aliphatic carbocycles. The van der Waals surface area contributed by atoms with Crippen LogP contribution < -0.4 is 11.1 Å². The van der Waals surface area contributed by atoms with Crippen molar-refractivity contribution in [3.8, 4) is 0 Å². The highest BCUT2D eigenvalue weighted by Crippen LogP contribution is 2.20. The van der Waals surface area contributed by atoms with Crippen LogP contribution in [-0.4, -0.2) is 10.9 Å². The minimum absolute atomic E-state index is 0.133. The zero-order valence-electron chi connectivity index (χ0n) is 10.7. The second kappa shape index (κ2) is 6.24. The monoisotopic (exact) mass is 353 g/mol. The van der Waals surface area contributed by atoms with Gasteiger partial charge in [0.25, 0.3) is 5.91 Å². The highest BCUT2D eigenvalue weighted by Gasteiger charge is 2.16. The van der Waals surface area contributed by atoms with Crippen LogP contribution in [0.1, 0.15) is 29.0 Å². The fraction of sp³-hybridized carbons (Fsp3) is 0.143. The Morgan fingerprint density at radius 3 is 2.85 bits per heavy atom. The summed E-state index contributed by atoms with van der Waals surface area (Å²) >= 11 is 9.36. The third-order valence-corrected chi connectivity index (χ3v) is 3.58. The van der Waals surface area contributed by atoms with E-state index in [0.29, 0.717) is 0 Å². The second-order valence-corrected chi connectivity index (χ2v) is 5.64. The number of carbonyl (C=O) groups is 1. The predicted octanol–water partition coefficient (Wildman–Crippen LogP) is 3.57. The van der Waals surface area contributed by atoms with E-state index in [-0.39, 0.29) is 28.5 Å². The number of amides is 1. The number of carbonyl (C=O) groups excluding carboxylic acids is 1. The van der Waals surface area contributed by atoms with Crippen LogP contribution in [-0.2, 0) is 0 Å². The molecule has 1 aromatic carbocycles. The molecule has 1 amide bonds. The first-order valence-corrected chi connectivity index (χ1v) is 7.13. The van der Waals surface area contributed by atoms with Crippen LogP contribution in [0.25, 0.3) is 0 Å². The third-order valence-electron chi connectivity index (χ3n) is 2.78. The maximum Gasteiger partial charge on any atom is 0.271 e. The van der Waals surface area contributed by atoms with Crippen molar-refractivity contribution in [2.75, 3.05) is 5.73 Å². The largest absolute Gasteiger partial charge is 0.384 e. The van der Waals surface area contributed by atoms with Crippen LogP contribution in [0.5, 0.6) is 0 Å². The molecule has 1 aromatic heterocycles. The Morgan fingerprint density at radius 2 is 2.15 bits per heavy atom. The molecule has 4 nitrogen and oxygen atoms in total. The number of nitrogen functional groups attached to an aromatic ring is 1. The van der Waals surface area contributed by atoms with Gasteiger partial charge in [0.1, 0.15) is 11.5 Å². The van der Waals surface area contributed by atoms with E-state index < -0.39 is 0 Å². The zero-order chi connectivity index (χ0) is 14.7. The quantitative estimate of drug-likeness (QED) is 0.885. The van der Waals surface area contributed by atoms with Crippen molar-refractivity contribution in [1.29, 1.82) is 0 Å². The molecule has 0 saturated heterocycles. The van der Waals surface area contributed by atoms with Crippen molar-refractivity contribution in [1.82, 2.24) is 10.3 Å². The molecule has 1 atom stereocenters. The molecule has 0 spiro atoms. The molecule has 0 fully saturated rings. The van der Waals surface area contributed by atoms with Crippen molar-refractivity contribution < 1.29 is 4.79 Å². The number of benzene rings is 1. The van der Waals surface area contributed by atoms with Crippen molar-refractivity contribution in [2.24, 2.45) is 0 Å². The highest BCUT2D eigenvalue weighted by atomic mass is 79.9. The molecule has 2 rings (SSSR count). The average molecular weight is 355 g/mol. The van der Waals surface area contributed by atoms with Crippen LogP contribution in [0, 0.1) is 0 Å². The molecule has 3 N–H and O–H groups in total.